The van der Waals surface area contributed by atoms with Crippen LogP contribution in [0.2, 0.25) is 10.0 Å². The Labute approximate surface area is 156 Å². The summed E-state index contributed by atoms with van der Waals surface area (Å²) in [6, 6.07) is 3.23. The molecule has 9 heteroatoms. The van der Waals surface area contributed by atoms with Gasteiger partial charge in [0.15, 0.2) is 0 Å². The lowest BCUT2D eigenvalue weighted by Crippen LogP contribution is -2.39. The van der Waals surface area contributed by atoms with Crippen molar-refractivity contribution in [3.05, 3.63) is 37.0 Å². The van der Waals surface area contributed by atoms with Gasteiger partial charge in [0.05, 0.1) is 37.1 Å². The lowest BCUT2D eigenvalue weighted by atomic mass is 10.1. The normalized spacial score (nSPS) is 14.7. The van der Waals surface area contributed by atoms with Gasteiger partial charge >= 0.3 is 11.9 Å². The lowest BCUT2D eigenvalue weighted by Gasteiger charge is -2.32. The van der Waals surface area contributed by atoms with Crippen molar-refractivity contribution < 1.29 is 23.8 Å². The van der Waals surface area contributed by atoms with Gasteiger partial charge in [0.2, 0.25) is 0 Å². The summed E-state index contributed by atoms with van der Waals surface area (Å²) in [5.74, 6) is -1.36. The molecule has 0 atom stereocenters. The fourth-order valence-electron chi connectivity index (χ4n) is 2.11. The van der Waals surface area contributed by atoms with E-state index < -0.39 is 11.9 Å². The third kappa shape index (κ3) is 3.73. The van der Waals surface area contributed by atoms with Crippen LogP contribution in [0.15, 0.2) is 23.4 Å². The Morgan fingerprint density at radius 3 is 2.43 bits per heavy atom. The molecule has 2 rings (SSSR count). The first-order valence-corrected chi connectivity index (χ1v) is 8.13. The topological polar surface area (TPSA) is 65.1 Å². The summed E-state index contributed by atoms with van der Waals surface area (Å²) >= 11 is 14.3. The first-order valence-electron chi connectivity index (χ1n) is 6.30. The predicted molar refractivity (Wildman–Crippen MR) is 93.5 cm³/mol. The van der Waals surface area contributed by atoms with Crippen LogP contribution in [0.3, 0.4) is 0 Å². The summed E-state index contributed by atoms with van der Waals surface area (Å²) in [7, 11) is 2.45. The molecule has 0 radical (unpaired) electrons. The van der Waals surface area contributed by atoms with Gasteiger partial charge < -0.3 is 19.1 Å². The monoisotopic (exact) mass is 471 g/mol. The predicted octanol–water partition coefficient (Wildman–Crippen LogP) is 2.99. The highest BCUT2D eigenvalue weighted by Gasteiger charge is 2.34. The van der Waals surface area contributed by atoms with Crippen LogP contribution in [-0.2, 0) is 23.8 Å². The van der Waals surface area contributed by atoms with E-state index in [1.807, 2.05) is 22.6 Å². The van der Waals surface area contributed by atoms with E-state index in [4.69, 9.17) is 37.4 Å². The van der Waals surface area contributed by atoms with E-state index in [9.17, 15) is 9.59 Å². The van der Waals surface area contributed by atoms with Crippen molar-refractivity contribution in [1.82, 2.24) is 0 Å². The highest BCUT2D eigenvalue weighted by atomic mass is 127. The Kier molecular flexibility index (Phi) is 6.12. The highest BCUT2D eigenvalue weighted by Crippen LogP contribution is 2.38. The first kappa shape index (κ1) is 18.3. The number of ether oxygens (including phenoxy) is 3. The summed E-state index contributed by atoms with van der Waals surface area (Å²) < 4.78 is 15.6. The number of carbonyl (C=O) groups excluding carboxylic acids is 2. The van der Waals surface area contributed by atoms with Gasteiger partial charge in [-0.05, 0) is 34.7 Å². The summed E-state index contributed by atoms with van der Waals surface area (Å²) in [4.78, 5) is 25.6. The SMILES string of the molecule is COC(=O)C1=C(C(=O)OC)N(c2c(Cl)cc(Cl)cc2I)COC1. The number of halogens is 3. The molecule has 0 N–H and O–H groups in total. The molecule has 1 aliphatic rings. The van der Waals surface area contributed by atoms with E-state index in [1.54, 1.807) is 12.1 Å². The first-order chi connectivity index (χ1) is 10.9. The van der Waals surface area contributed by atoms with Crippen LogP contribution in [0.5, 0.6) is 0 Å². The molecule has 1 aromatic rings. The van der Waals surface area contributed by atoms with Crippen LogP contribution < -0.4 is 4.90 Å². The maximum Gasteiger partial charge on any atom is 0.355 e. The minimum absolute atomic E-state index is 0.0300. The smallest absolute Gasteiger partial charge is 0.355 e. The van der Waals surface area contributed by atoms with Crippen molar-refractivity contribution in [3.8, 4) is 0 Å². The number of rotatable bonds is 3. The molecule has 0 saturated heterocycles. The second-order valence-corrected chi connectivity index (χ2v) is 6.44. The van der Waals surface area contributed by atoms with Gasteiger partial charge in [0, 0.05) is 8.59 Å². The second-order valence-electron chi connectivity index (χ2n) is 4.43. The van der Waals surface area contributed by atoms with Gasteiger partial charge in [-0.25, -0.2) is 9.59 Å². The average molecular weight is 472 g/mol. The molecule has 1 heterocycles. The van der Waals surface area contributed by atoms with Crippen LogP contribution in [-0.4, -0.2) is 39.5 Å². The van der Waals surface area contributed by atoms with Crippen molar-refractivity contribution in [1.29, 1.82) is 0 Å². The molecule has 0 aliphatic carbocycles. The number of hydrogen-bond donors (Lipinski definition) is 0. The molecule has 0 aromatic heterocycles. The summed E-state index contributed by atoms with van der Waals surface area (Å²) in [6.45, 7) is -0.0301. The van der Waals surface area contributed by atoms with Crippen molar-refractivity contribution >= 4 is 63.4 Å². The maximum absolute atomic E-state index is 12.2. The Bertz CT molecular complexity index is 669. The largest absolute Gasteiger partial charge is 0.466 e. The average Bonchev–Trinajstić information content (AvgIpc) is 2.52. The fourth-order valence-corrected chi connectivity index (χ4v) is 3.97. The van der Waals surface area contributed by atoms with Gasteiger partial charge in [0.1, 0.15) is 12.4 Å². The lowest BCUT2D eigenvalue weighted by molar-refractivity contribution is -0.140. The van der Waals surface area contributed by atoms with E-state index in [0.29, 0.717) is 19.3 Å². The minimum Gasteiger partial charge on any atom is -0.466 e. The van der Waals surface area contributed by atoms with E-state index in [-0.39, 0.29) is 24.6 Å². The van der Waals surface area contributed by atoms with Gasteiger partial charge in [-0.2, -0.15) is 0 Å². The van der Waals surface area contributed by atoms with Crippen LogP contribution in [0, 0.1) is 3.57 Å². The molecule has 23 heavy (non-hydrogen) atoms. The molecule has 0 saturated carbocycles. The summed E-state index contributed by atoms with van der Waals surface area (Å²) in [5.41, 5.74) is 0.596. The maximum atomic E-state index is 12.2. The van der Waals surface area contributed by atoms with Crippen LogP contribution in [0.4, 0.5) is 5.69 Å². The molecule has 124 valence electrons. The zero-order chi connectivity index (χ0) is 17.1. The zero-order valence-electron chi connectivity index (χ0n) is 12.2. The van der Waals surface area contributed by atoms with Crippen LogP contribution in [0.25, 0.3) is 0 Å². The third-order valence-electron chi connectivity index (χ3n) is 3.08. The van der Waals surface area contributed by atoms with Gasteiger partial charge in [0.25, 0.3) is 0 Å². The number of hydrogen-bond acceptors (Lipinski definition) is 6. The molecular formula is C14H12Cl2INO5. The molecule has 6 nitrogen and oxygen atoms in total. The fraction of sp³-hybridized carbons (Fsp3) is 0.286. The number of esters is 2. The van der Waals surface area contributed by atoms with E-state index in [2.05, 4.69) is 0 Å². The number of benzene rings is 1. The van der Waals surface area contributed by atoms with Crippen LogP contribution >= 0.6 is 45.8 Å². The van der Waals surface area contributed by atoms with Crippen molar-refractivity contribution in [2.24, 2.45) is 0 Å². The minimum atomic E-state index is -0.685. The number of anilines is 1. The van der Waals surface area contributed by atoms with E-state index >= 15 is 0 Å². The number of methoxy groups -OCH3 is 2. The molecule has 1 aliphatic heterocycles. The number of nitrogens with zero attached hydrogens (tertiary/aromatic N) is 1. The third-order valence-corrected chi connectivity index (χ3v) is 4.41. The Balaban J connectivity index is 2.65. The molecule has 0 amide bonds. The van der Waals surface area contributed by atoms with E-state index in [1.165, 1.54) is 19.1 Å². The Morgan fingerprint density at radius 1 is 1.22 bits per heavy atom. The summed E-state index contributed by atoms with van der Waals surface area (Å²) in [5, 5.41) is 0.774. The van der Waals surface area contributed by atoms with Crippen LogP contribution in [0.1, 0.15) is 0 Å². The van der Waals surface area contributed by atoms with Gasteiger partial charge in [-0.15, -0.1) is 0 Å². The second kappa shape index (κ2) is 7.69. The quantitative estimate of drug-likeness (QED) is 0.498. The van der Waals surface area contributed by atoms with Crippen molar-refractivity contribution in [2.75, 3.05) is 32.5 Å². The molecule has 0 unspecified atom stereocenters. The van der Waals surface area contributed by atoms with Crippen molar-refractivity contribution in [3.63, 3.8) is 0 Å². The summed E-state index contributed by atoms with van der Waals surface area (Å²) in [6.07, 6.45) is 0. The number of carbonyl (C=O) groups is 2. The zero-order valence-corrected chi connectivity index (χ0v) is 15.9. The molecular weight excluding hydrogens is 460 g/mol. The van der Waals surface area contributed by atoms with Gasteiger partial charge in [-0.3, -0.25) is 0 Å². The molecule has 0 bridgehead atoms. The highest BCUT2D eigenvalue weighted by molar-refractivity contribution is 14.1. The van der Waals surface area contributed by atoms with Gasteiger partial charge in [-0.1, -0.05) is 23.2 Å². The van der Waals surface area contributed by atoms with Crippen molar-refractivity contribution in [2.45, 2.75) is 0 Å². The Morgan fingerprint density at radius 2 is 1.87 bits per heavy atom. The molecule has 1 aromatic carbocycles. The molecule has 0 fully saturated rings. The van der Waals surface area contributed by atoms with E-state index in [0.717, 1.165) is 0 Å². The Hall–Kier alpha value is -1.03. The standard InChI is InChI=1S/C14H12Cl2INO5/c1-21-13(19)8-5-23-6-18(11(8)14(20)22-2)12-9(16)3-7(15)4-10(12)17/h3-4H,5-6H2,1-2H3. The molecule has 0 spiro atoms.